The van der Waals surface area contributed by atoms with Crippen LogP contribution in [0, 0.1) is 5.92 Å². The highest BCUT2D eigenvalue weighted by Gasteiger charge is 2.56. The molecule has 1 aromatic rings. The summed E-state index contributed by atoms with van der Waals surface area (Å²) in [5.41, 5.74) is 0.500. The van der Waals surface area contributed by atoms with E-state index in [1.807, 2.05) is 30.3 Å². The summed E-state index contributed by atoms with van der Waals surface area (Å²) in [6, 6.07) is 9.87. The summed E-state index contributed by atoms with van der Waals surface area (Å²) in [6.07, 6.45) is 6.55. The number of likely N-dealkylation sites (tertiary alicyclic amines) is 1. The summed E-state index contributed by atoms with van der Waals surface area (Å²) in [4.78, 5) is 31.4. The second kappa shape index (κ2) is 8.26. The van der Waals surface area contributed by atoms with Crippen LogP contribution in [0.5, 0.6) is 0 Å². The summed E-state index contributed by atoms with van der Waals surface area (Å²) in [5, 5.41) is 0. The summed E-state index contributed by atoms with van der Waals surface area (Å²) in [5.74, 6) is 0.544. The Morgan fingerprint density at radius 1 is 1.11 bits per heavy atom. The Labute approximate surface area is 162 Å². The lowest BCUT2D eigenvalue weighted by Gasteiger charge is -2.40. The quantitative estimate of drug-likeness (QED) is 0.571. The van der Waals surface area contributed by atoms with E-state index in [9.17, 15) is 9.59 Å². The van der Waals surface area contributed by atoms with Crippen LogP contribution in [0.1, 0.15) is 32.3 Å². The van der Waals surface area contributed by atoms with Crippen molar-refractivity contribution in [3.63, 3.8) is 0 Å². The maximum Gasteiger partial charge on any atom is 0.327 e. The number of urea groups is 1. The molecule has 5 heteroatoms. The van der Waals surface area contributed by atoms with E-state index in [4.69, 9.17) is 0 Å². The summed E-state index contributed by atoms with van der Waals surface area (Å²) < 4.78 is 0. The number of allylic oxidation sites excluding steroid dienone is 1. The Balaban J connectivity index is 1.61. The van der Waals surface area contributed by atoms with Crippen LogP contribution >= 0.6 is 0 Å². The first-order chi connectivity index (χ1) is 12.9. The van der Waals surface area contributed by atoms with Crippen LogP contribution < -0.4 is 0 Å². The van der Waals surface area contributed by atoms with Gasteiger partial charge < -0.3 is 4.90 Å². The number of likely N-dealkylation sites (N-methyl/N-ethyl adjacent to an activating group) is 1. The van der Waals surface area contributed by atoms with Crippen LogP contribution in [0.3, 0.4) is 0 Å². The van der Waals surface area contributed by atoms with Crippen molar-refractivity contribution in [2.24, 2.45) is 5.92 Å². The number of nitrogens with zero attached hydrogens (tertiary/aromatic N) is 3. The number of hydrogen-bond acceptors (Lipinski definition) is 3. The number of rotatable bonds is 6. The Bertz CT molecular complexity index is 691. The number of benzene rings is 1. The van der Waals surface area contributed by atoms with Gasteiger partial charge in [0, 0.05) is 33.2 Å². The average molecular weight is 370 g/mol. The lowest BCUT2D eigenvalue weighted by Crippen LogP contribution is -2.55. The molecule has 0 N–H and O–H groups in total. The highest BCUT2D eigenvalue weighted by molar-refractivity contribution is 6.07. The van der Waals surface area contributed by atoms with E-state index in [2.05, 4.69) is 30.9 Å². The first-order valence-electron chi connectivity index (χ1n) is 9.97. The van der Waals surface area contributed by atoms with E-state index in [1.54, 1.807) is 11.9 Å². The monoisotopic (exact) mass is 369 g/mol. The minimum Gasteiger partial charge on any atom is -0.312 e. The van der Waals surface area contributed by atoms with Gasteiger partial charge in [0.1, 0.15) is 5.54 Å². The maximum absolute atomic E-state index is 13.2. The van der Waals surface area contributed by atoms with Gasteiger partial charge in [0.2, 0.25) is 0 Å². The van der Waals surface area contributed by atoms with E-state index >= 15 is 0 Å². The van der Waals surface area contributed by atoms with Gasteiger partial charge in [-0.25, -0.2) is 4.79 Å². The van der Waals surface area contributed by atoms with Crippen molar-refractivity contribution in [2.45, 2.75) is 38.6 Å². The highest BCUT2D eigenvalue weighted by Crippen LogP contribution is 2.36. The van der Waals surface area contributed by atoms with Gasteiger partial charge in [-0.2, -0.15) is 0 Å². The zero-order valence-corrected chi connectivity index (χ0v) is 16.7. The topological polar surface area (TPSA) is 43.9 Å². The molecule has 2 heterocycles. The van der Waals surface area contributed by atoms with Gasteiger partial charge in [0.25, 0.3) is 5.91 Å². The number of imide groups is 1. The lowest BCUT2D eigenvalue weighted by atomic mass is 9.86. The molecule has 1 aromatic carbocycles. The lowest BCUT2D eigenvalue weighted by molar-refractivity contribution is -0.135. The first kappa shape index (κ1) is 19.6. The van der Waals surface area contributed by atoms with Gasteiger partial charge in [0.15, 0.2) is 0 Å². The van der Waals surface area contributed by atoms with Crippen LogP contribution in [-0.2, 0) is 11.2 Å². The Hall–Kier alpha value is -2.14. The van der Waals surface area contributed by atoms with Gasteiger partial charge in [0.05, 0.1) is 0 Å². The number of amides is 3. The molecule has 146 valence electrons. The molecule has 2 aliphatic rings. The smallest absolute Gasteiger partial charge is 0.312 e. The third-order valence-electron chi connectivity index (χ3n) is 5.84. The largest absolute Gasteiger partial charge is 0.327 e. The van der Waals surface area contributed by atoms with E-state index in [0.717, 1.165) is 25.2 Å². The zero-order valence-electron chi connectivity index (χ0n) is 16.7. The van der Waals surface area contributed by atoms with Gasteiger partial charge in [-0.15, -0.1) is 0 Å². The molecule has 3 rings (SSSR count). The van der Waals surface area contributed by atoms with E-state index in [-0.39, 0.29) is 11.9 Å². The SMILES string of the molecule is CC(C)C=CCN1CCC2(CC1)C(=O)N(CCc1ccccc1)C(=O)N2C. The zero-order chi connectivity index (χ0) is 19.4. The molecule has 2 saturated heterocycles. The number of carbonyl (C=O) groups excluding carboxylic acids is 2. The van der Waals surface area contributed by atoms with Crippen molar-refractivity contribution < 1.29 is 9.59 Å². The molecule has 3 amide bonds. The number of carbonyl (C=O) groups is 2. The van der Waals surface area contributed by atoms with Crippen molar-refractivity contribution >= 4 is 11.9 Å². The molecular formula is C22H31N3O2. The van der Waals surface area contributed by atoms with Gasteiger partial charge in [-0.3, -0.25) is 14.6 Å². The van der Waals surface area contributed by atoms with Gasteiger partial charge in [-0.05, 0) is 30.7 Å². The first-order valence-corrected chi connectivity index (χ1v) is 9.97. The molecule has 0 atom stereocenters. The third-order valence-corrected chi connectivity index (χ3v) is 5.84. The maximum atomic E-state index is 13.2. The normalized spacial score (nSPS) is 20.6. The predicted octanol–water partition coefficient (Wildman–Crippen LogP) is 3.17. The van der Waals surface area contributed by atoms with Crippen LogP contribution in [-0.4, -0.2) is 65.4 Å². The molecule has 0 saturated carbocycles. The summed E-state index contributed by atoms with van der Waals surface area (Å²) >= 11 is 0. The second-order valence-corrected chi connectivity index (χ2v) is 8.04. The predicted molar refractivity (Wildman–Crippen MR) is 107 cm³/mol. The Morgan fingerprint density at radius 3 is 2.41 bits per heavy atom. The van der Waals surface area contributed by atoms with Crippen molar-refractivity contribution in [3.05, 3.63) is 48.0 Å². The molecule has 0 unspecified atom stereocenters. The Kier molecular flexibility index (Phi) is 6.00. The molecule has 0 aromatic heterocycles. The molecule has 1 spiro atoms. The van der Waals surface area contributed by atoms with Crippen molar-refractivity contribution in [3.8, 4) is 0 Å². The van der Waals surface area contributed by atoms with Crippen molar-refractivity contribution in [2.75, 3.05) is 33.2 Å². The summed E-state index contributed by atoms with van der Waals surface area (Å²) in [6.45, 7) is 7.40. The van der Waals surface area contributed by atoms with E-state index in [1.165, 1.54) is 4.90 Å². The van der Waals surface area contributed by atoms with Crippen LogP contribution in [0.25, 0.3) is 0 Å². The molecule has 0 bridgehead atoms. The molecule has 0 radical (unpaired) electrons. The molecule has 2 aliphatic heterocycles. The minimum absolute atomic E-state index is 0.0108. The molecular weight excluding hydrogens is 338 g/mol. The van der Waals surface area contributed by atoms with Gasteiger partial charge in [-0.1, -0.05) is 56.3 Å². The molecule has 5 nitrogen and oxygen atoms in total. The number of hydrogen-bond donors (Lipinski definition) is 0. The van der Waals surface area contributed by atoms with Crippen LogP contribution in [0.15, 0.2) is 42.5 Å². The molecule has 2 fully saturated rings. The van der Waals surface area contributed by atoms with E-state index in [0.29, 0.717) is 31.7 Å². The summed E-state index contributed by atoms with van der Waals surface area (Å²) in [7, 11) is 1.79. The molecule has 0 aliphatic carbocycles. The number of piperidine rings is 1. The second-order valence-electron chi connectivity index (χ2n) is 8.04. The van der Waals surface area contributed by atoms with E-state index < -0.39 is 5.54 Å². The molecule has 27 heavy (non-hydrogen) atoms. The Morgan fingerprint density at radius 2 is 1.78 bits per heavy atom. The highest BCUT2D eigenvalue weighted by atomic mass is 16.2. The minimum atomic E-state index is -0.647. The standard InChI is InChI=1S/C22H31N3O2/c1-18(2)8-7-14-24-16-12-22(13-17-24)20(26)25(21(27)23(22)3)15-11-19-9-5-4-6-10-19/h4-10,18H,11-17H2,1-3H3. The van der Waals surface area contributed by atoms with Crippen LogP contribution in [0.2, 0.25) is 0 Å². The fourth-order valence-corrected chi connectivity index (χ4v) is 4.07. The van der Waals surface area contributed by atoms with Gasteiger partial charge >= 0.3 is 6.03 Å². The fourth-order valence-electron chi connectivity index (χ4n) is 4.07. The van der Waals surface area contributed by atoms with Crippen molar-refractivity contribution in [1.82, 2.24) is 14.7 Å². The fraction of sp³-hybridized carbons (Fsp3) is 0.545. The van der Waals surface area contributed by atoms with Crippen molar-refractivity contribution in [1.29, 1.82) is 0 Å². The van der Waals surface area contributed by atoms with Crippen LogP contribution in [0.4, 0.5) is 4.79 Å². The third kappa shape index (κ3) is 4.08. The average Bonchev–Trinajstić information content (AvgIpc) is 2.84.